The summed E-state index contributed by atoms with van der Waals surface area (Å²) in [5, 5.41) is 2.87. The van der Waals surface area contributed by atoms with Gasteiger partial charge in [-0.25, -0.2) is 9.37 Å². The summed E-state index contributed by atoms with van der Waals surface area (Å²) in [6.07, 6.45) is 1.75. The van der Waals surface area contributed by atoms with Gasteiger partial charge in [-0.05, 0) is 29.8 Å². The molecule has 0 saturated heterocycles. The molecule has 26 heavy (non-hydrogen) atoms. The number of hydrogen-bond donors (Lipinski definition) is 1. The number of imidazole rings is 1. The van der Waals surface area contributed by atoms with E-state index in [1.165, 1.54) is 23.5 Å². The molecule has 0 bridgehead atoms. The van der Waals surface area contributed by atoms with Crippen LogP contribution in [0.1, 0.15) is 5.56 Å². The van der Waals surface area contributed by atoms with Crippen molar-refractivity contribution in [3.05, 3.63) is 71.6 Å². The second kappa shape index (κ2) is 7.05. The van der Waals surface area contributed by atoms with E-state index in [0.717, 1.165) is 27.3 Å². The molecule has 1 amide bonds. The minimum absolute atomic E-state index is 0.136. The van der Waals surface area contributed by atoms with E-state index in [1.807, 2.05) is 28.8 Å². The highest BCUT2D eigenvalue weighted by Crippen LogP contribution is 2.27. The second-order valence-electron chi connectivity index (χ2n) is 5.78. The first-order chi connectivity index (χ1) is 12.7. The third kappa shape index (κ3) is 3.34. The Morgan fingerprint density at radius 2 is 1.96 bits per heavy atom. The highest BCUT2D eigenvalue weighted by Gasteiger charge is 2.16. The van der Waals surface area contributed by atoms with Crippen LogP contribution in [0, 0.1) is 5.82 Å². The number of para-hydroxylation sites is 2. The fourth-order valence-corrected chi connectivity index (χ4v) is 3.37. The minimum atomic E-state index is -0.292. The molecule has 0 saturated carbocycles. The summed E-state index contributed by atoms with van der Waals surface area (Å²) in [5.74, 6) is 0.299. The third-order valence-electron chi connectivity index (χ3n) is 4.01. The zero-order chi connectivity index (χ0) is 17.9. The predicted molar refractivity (Wildman–Crippen MR) is 99.1 cm³/mol. The van der Waals surface area contributed by atoms with Gasteiger partial charge in [0, 0.05) is 12.7 Å². The number of aromatic nitrogens is 3. The first-order valence-corrected chi connectivity index (χ1v) is 8.94. The molecule has 0 atom stereocenters. The van der Waals surface area contributed by atoms with Crippen molar-refractivity contribution in [2.45, 2.75) is 13.1 Å². The maximum atomic E-state index is 13.0. The number of benzene rings is 2. The highest BCUT2D eigenvalue weighted by atomic mass is 32.1. The zero-order valence-electron chi connectivity index (χ0n) is 13.7. The molecule has 2 aromatic heterocycles. The standard InChI is InChI=1S/C19H15FN4OS/c20-14-7-5-13(6-8-14)9-22-18(25)11-24-16-4-2-1-3-15(16)23-19(24)17-10-21-12-26-17/h1-8,10,12H,9,11H2,(H,22,25). The van der Waals surface area contributed by atoms with Crippen LogP contribution in [0.25, 0.3) is 21.7 Å². The molecular formula is C19H15FN4OS. The van der Waals surface area contributed by atoms with Crippen molar-refractivity contribution in [1.29, 1.82) is 0 Å². The Labute approximate surface area is 153 Å². The van der Waals surface area contributed by atoms with Crippen molar-refractivity contribution in [2.75, 3.05) is 0 Å². The van der Waals surface area contributed by atoms with Crippen molar-refractivity contribution >= 4 is 28.3 Å². The van der Waals surface area contributed by atoms with Gasteiger partial charge in [0.2, 0.25) is 5.91 Å². The highest BCUT2D eigenvalue weighted by molar-refractivity contribution is 7.13. The maximum absolute atomic E-state index is 13.0. The van der Waals surface area contributed by atoms with Gasteiger partial charge in [0.25, 0.3) is 0 Å². The van der Waals surface area contributed by atoms with Crippen molar-refractivity contribution in [2.24, 2.45) is 0 Å². The summed E-state index contributed by atoms with van der Waals surface area (Å²) in [4.78, 5) is 22.1. The molecular weight excluding hydrogens is 351 g/mol. The third-order valence-corrected chi connectivity index (χ3v) is 4.78. The Hall–Kier alpha value is -3.06. The molecule has 0 aliphatic heterocycles. The Kier molecular flexibility index (Phi) is 4.45. The summed E-state index contributed by atoms with van der Waals surface area (Å²) in [5.41, 5.74) is 4.32. The van der Waals surface area contributed by atoms with Crippen molar-refractivity contribution in [3.63, 3.8) is 0 Å². The fraction of sp³-hybridized carbons (Fsp3) is 0.105. The van der Waals surface area contributed by atoms with E-state index in [2.05, 4.69) is 15.3 Å². The molecule has 0 aliphatic carbocycles. The quantitative estimate of drug-likeness (QED) is 0.587. The summed E-state index contributed by atoms with van der Waals surface area (Å²) < 4.78 is 14.9. The van der Waals surface area contributed by atoms with Gasteiger partial charge in [0.05, 0.1) is 21.4 Å². The van der Waals surface area contributed by atoms with Gasteiger partial charge in [-0.15, -0.1) is 11.3 Å². The van der Waals surface area contributed by atoms with Crippen LogP contribution >= 0.6 is 11.3 Å². The summed E-state index contributed by atoms with van der Waals surface area (Å²) in [6.45, 7) is 0.497. The van der Waals surface area contributed by atoms with E-state index < -0.39 is 0 Å². The van der Waals surface area contributed by atoms with Gasteiger partial charge >= 0.3 is 0 Å². The molecule has 0 spiro atoms. The molecule has 2 heterocycles. The summed E-state index contributed by atoms with van der Waals surface area (Å²) in [7, 11) is 0. The largest absolute Gasteiger partial charge is 0.350 e. The Bertz CT molecular complexity index is 1040. The van der Waals surface area contributed by atoms with E-state index in [4.69, 9.17) is 0 Å². The Morgan fingerprint density at radius 1 is 1.15 bits per heavy atom. The zero-order valence-corrected chi connectivity index (χ0v) is 14.5. The summed E-state index contributed by atoms with van der Waals surface area (Å²) >= 11 is 1.48. The van der Waals surface area contributed by atoms with Crippen LogP contribution in [0.2, 0.25) is 0 Å². The normalized spacial score (nSPS) is 11.0. The van der Waals surface area contributed by atoms with E-state index in [0.29, 0.717) is 6.54 Å². The van der Waals surface area contributed by atoms with Crippen LogP contribution < -0.4 is 5.32 Å². The summed E-state index contributed by atoms with van der Waals surface area (Å²) in [6, 6.07) is 13.8. The average Bonchev–Trinajstić information content (AvgIpc) is 3.30. The van der Waals surface area contributed by atoms with E-state index in [1.54, 1.807) is 23.8 Å². The molecule has 4 aromatic rings. The molecule has 0 aliphatic rings. The number of nitrogens with one attached hydrogen (secondary N) is 1. The number of rotatable bonds is 5. The Balaban J connectivity index is 1.57. The first kappa shape index (κ1) is 16.4. The SMILES string of the molecule is O=C(Cn1c(-c2cncs2)nc2ccccc21)NCc1ccc(F)cc1. The van der Waals surface area contributed by atoms with Gasteiger partial charge in [0.15, 0.2) is 5.82 Å². The molecule has 130 valence electrons. The molecule has 0 unspecified atom stereocenters. The molecule has 2 aromatic carbocycles. The number of amides is 1. The fourth-order valence-electron chi connectivity index (χ4n) is 2.75. The van der Waals surface area contributed by atoms with Crippen LogP contribution in [-0.2, 0) is 17.9 Å². The van der Waals surface area contributed by atoms with Crippen molar-refractivity contribution < 1.29 is 9.18 Å². The molecule has 0 fully saturated rings. The van der Waals surface area contributed by atoms with E-state index in [9.17, 15) is 9.18 Å². The van der Waals surface area contributed by atoms with Gasteiger partial charge in [-0.3, -0.25) is 9.78 Å². The number of hydrogen-bond acceptors (Lipinski definition) is 4. The van der Waals surface area contributed by atoms with Gasteiger partial charge in [0.1, 0.15) is 12.4 Å². The van der Waals surface area contributed by atoms with Crippen LogP contribution in [0.4, 0.5) is 4.39 Å². The van der Waals surface area contributed by atoms with Gasteiger partial charge < -0.3 is 9.88 Å². The molecule has 1 N–H and O–H groups in total. The average molecular weight is 366 g/mol. The van der Waals surface area contributed by atoms with Gasteiger partial charge in [-0.1, -0.05) is 24.3 Å². The number of nitrogens with zero attached hydrogens (tertiary/aromatic N) is 3. The van der Waals surface area contributed by atoms with E-state index >= 15 is 0 Å². The number of thiazole rings is 1. The lowest BCUT2D eigenvalue weighted by Gasteiger charge is -2.09. The molecule has 7 heteroatoms. The van der Waals surface area contributed by atoms with Gasteiger partial charge in [-0.2, -0.15) is 0 Å². The monoisotopic (exact) mass is 366 g/mol. The lowest BCUT2D eigenvalue weighted by Crippen LogP contribution is -2.27. The first-order valence-electron chi connectivity index (χ1n) is 8.06. The van der Waals surface area contributed by atoms with Crippen molar-refractivity contribution in [3.8, 4) is 10.7 Å². The van der Waals surface area contributed by atoms with Crippen LogP contribution in [0.5, 0.6) is 0 Å². The molecule has 0 radical (unpaired) electrons. The van der Waals surface area contributed by atoms with Crippen LogP contribution in [0.15, 0.2) is 60.2 Å². The topological polar surface area (TPSA) is 59.8 Å². The second-order valence-corrected chi connectivity index (χ2v) is 6.67. The molecule has 4 rings (SSSR count). The number of carbonyl (C=O) groups excluding carboxylic acids is 1. The van der Waals surface area contributed by atoms with Crippen molar-refractivity contribution in [1.82, 2.24) is 19.9 Å². The molecule has 5 nitrogen and oxygen atoms in total. The van der Waals surface area contributed by atoms with Crippen LogP contribution in [-0.4, -0.2) is 20.4 Å². The number of carbonyl (C=O) groups is 1. The van der Waals surface area contributed by atoms with Crippen LogP contribution in [0.3, 0.4) is 0 Å². The number of fused-ring (bicyclic) bond motifs is 1. The maximum Gasteiger partial charge on any atom is 0.240 e. The smallest absolute Gasteiger partial charge is 0.240 e. The number of halogens is 1. The lowest BCUT2D eigenvalue weighted by molar-refractivity contribution is -0.121. The Morgan fingerprint density at radius 3 is 2.73 bits per heavy atom. The van der Waals surface area contributed by atoms with E-state index in [-0.39, 0.29) is 18.3 Å². The lowest BCUT2D eigenvalue weighted by atomic mass is 10.2. The predicted octanol–water partition coefficient (Wildman–Crippen LogP) is 3.62. The minimum Gasteiger partial charge on any atom is -0.350 e.